The minimum absolute atomic E-state index is 0.0518. The van der Waals surface area contributed by atoms with Gasteiger partial charge in [-0.15, -0.1) is 0 Å². The summed E-state index contributed by atoms with van der Waals surface area (Å²) in [6.45, 7) is 3.41. The van der Waals surface area contributed by atoms with Crippen LogP contribution in [0.3, 0.4) is 0 Å². The van der Waals surface area contributed by atoms with Gasteiger partial charge in [0.25, 0.3) is 5.56 Å². The molecule has 0 aliphatic carbocycles. The molecule has 20 heavy (non-hydrogen) atoms. The van der Waals surface area contributed by atoms with Crippen LogP contribution < -0.4 is 10.9 Å². The van der Waals surface area contributed by atoms with Gasteiger partial charge in [-0.05, 0) is 30.8 Å². The van der Waals surface area contributed by atoms with Crippen molar-refractivity contribution in [2.75, 3.05) is 6.54 Å². The Morgan fingerprint density at radius 1 is 1.15 bits per heavy atom. The highest BCUT2D eigenvalue weighted by Crippen LogP contribution is 2.08. The summed E-state index contributed by atoms with van der Waals surface area (Å²) in [4.78, 5) is 12.6. The molecule has 0 aliphatic rings. The standard InChI is InChI=1S/C15H16N4O/c1-2-16-11-14-17-18-10-6-9-13(18)15(20)19(14)12-7-4-3-5-8-12/h3-10,16H,2,11H2,1H3. The van der Waals surface area contributed by atoms with Crippen LogP contribution in [0.5, 0.6) is 0 Å². The van der Waals surface area contributed by atoms with E-state index < -0.39 is 0 Å². The lowest BCUT2D eigenvalue weighted by atomic mass is 10.3. The number of rotatable bonds is 4. The maximum absolute atomic E-state index is 12.6. The van der Waals surface area contributed by atoms with E-state index in [-0.39, 0.29) is 5.56 Å². The second kappa shape index (κ2) is 5.30. The molecule has 3 aromatic rings. The summed E-state index contributed by atoms with van der Waals surface area (Å²) in [6, 6.07) is 13.2. The number of fused-ring (bicyclic) bond motifs is 1. The molecule has 0 fully saturated rings. The molecule has 5 heteroatoms. The van der Waals surface area contributed by atoms with Gasteiger partial charge in [-0.2, -0.15) is 5.10 Å². The van der Waals surface area contributed by atoms with E-state index in [1.54, 1.807) is 21.3 Å². The van der Waals surface area contributed by atoms with E-state index in [9.17, 15) is 4.79 Å². The minimum atomic E-state index is -0.0518. The van der Waals surface area contributed by atoms with Crippen LogP contribution in [0.1, 0.15) is 12.7 Å². The molecule has 0 amide bonds. The van der Waals surface area contributed by atoms with Gasteiger partial charge in [0.15, 0.2) is 5.82 Å². The van der Waals surface area contributed by atoms with E-state index in [2.05, 4.69) is 10.4 Å². The van der Waals surface area contributed by atoms with Gasteiger partial charge in [0.1, 0.15) is 5.52 Å². The van der Waals surface area contributed by atoms with Gasteiger partial charge >= 0.3 is 0 Å². The molecule has 0 aliphatic heterocycles. The van der Waals surface area contributed by atoms with Gasteiger partial charge in [-0.3, -0.25) is 9.36 Å². The largest absolute Gasteiger partial charge is 0.310 e. The highest BCUT2D eigenvalue weighted by molar-refractivity contribution is 5.47. The topological polar surface area (TPSA) is 51.3 Å². The van der Waals surface area contributed by atoms with Crippen molar-refractivity contribution in [3.05, 3.63) is 64.8 Å². The molecule has 0 spiro atoms. The van der Waals surface area contributed by atoms with Crippen molar-refractivity contribution < 1.29 is 0 Å². The minimum Gasteiger partial charge on any atom is -0.310 e. The Kier molecular flexibility index (Phi) is 3.35. The number of hydrogen-bond donors (Lipinski definition) is 1. The Balaban J connectivity index is 2.26. The van der Waals surface area contributed by atoms with Gasteiger partial charge in [0, 0.05) is 6.20 Å². The predicted molar refractivity (Wildman–Crippen MR) is 78.2 cm³/mol. The molecule has 0 radical (unpaired) electrons. The van der Waals surface area contributed by atoms with Crippen LogP contribution in [0.4, 0.5) is 0 Å². The van der Waals surface area contributed by atoms with E-state index >= 15 is 0 Å². The van der Waals surface area contributed by atoms with E-state index in [4.69, 9.17) is 0 Å². The fraction of sp³-hybridized carbons (Fsp3) is 0.200. The Bertz CT molecular complexity index is 773. The molecule has 1 N–H and O–H groups in total. The van der Waals surface area contributed by atoms with Crippen molar-refractivity contribution in [1.82, 2.24) is 19.5 Å². The smallest absolute Gasteiger partial charge is 0.282 e. The third kappa shape index (κ3) is 2.12. The molecule has 0 bridgehead atoms. The van der Waals surface area contributed by atoms with Gasteiger partial charge in [0.2, 0.25) is 0 Å². The summed E-state index contributed by atoms with van der Waals surface area (Å²) >= 11 is 0. The molecule has 3 rings (SSSR count). The maximum atomic E-state index is 12.6. The van der Waals surface area contributed by atoms with Crippen molar-refractivity contribution >= 4 is 5.52 Å². The van der Waals surface area contributed by atoms with Crippen LogP contribution in [0.25, 0.3) is 11.2 Å². The first-order valence-corrected chi connectivity index (χ1v) is 6.66. The second-order valence-electron chi connectivity index (χ2n) is 4.51. The number of para-hydroxylation sites is 1. The fourth-order valence-corrected chi connectivity index (χ4v) is 2.22. The Morgan fingerprint density at radius 3 is 2.70 bits per heavy atom. The van der Waals surface area contributed by atoms with Crippen LogP contribution >= 0.6 is 0 Å². The van der Waals surface area contributed by atoms with Crippen LogP contribution in [0.15, 0.2) is 53.5 Å². The second-order valence-corrected chi connectivity index (χ2v) is 4.51. The molecule has 0 saturated carbocycles. The lowest BCUT2D eigenvalue weighted by Gasteiger charge is -2.13. The molecule has 2 heterocycles. The van der Waals surface area contributed by atoms with Gasteiger partial charge < -0.3 is 5.32 Å². The average molecular weight is 268 g/mol. The molecule has 0 saturated heterocycles. The van der Waals surface area contributed by atoms with Crippen molar-refractivity contribution in [2.24, 2.45) is 0 Å². The third-order valence-electron chi connectivity index (χ3n) is 3.18. The maximum Gasteiger partial charge on any atom is 0.282 e. The lowest BCUT2D eigenvalue weighted by molar-refractivity contribution is 0.635. The van der Waals surface area contributed by atoms with Crippen molar-refractivity contribution in [3.63, 3.8) is 0 Å². The molecular weight excluding hydrogens is 252 g/mol. The summed E-state index contributed by atoms with van der Waals surface area (Å²) < 4.78 is 3.30. The number of aromatic nitrogens is 3. The first-order chi connectivity index (χ1) is 9.81. The van der Waals surface area contributed by atoms with Crippen LogP contribution in [-0.2, 0) is 6.54 Å². The monoisotopic (exact) mass is 268 g/mol. The van der Waals surface area contributed by atoms with E-state index in [1.807, 2.05) is 43.3 Å². The fourth-order valence-electron chi connectivity index (χ4n) is 2.22. The van der Waals surface area contributed by atoms with Crippen LogP contribution in [0.2, 0.25) is 0 Å². The van der Waals surface area contributed by atoms with Crippen molar-refractivity contribution in [1.29, 1.82) is 0 Å². The number of nitrogens with one attached hydrogen (secondary N) is 1. The van der Waals surface area contributed by atoms with E-state index in [0.29, 0.717) is 17.9 Å². The predicted octanol–water partition coefficient (Wildman–Crippen LogP) is 1.59. The molecule has 2 aromatic heterocycles. The zero-order valence-electron chi connectivity index (χ0n) is 11.3. The van der Waals surface area contributed by atoms with Gasteiger partial charge in [-0.25, -0.2) is 4.52 Å². The SMILES string of the molecule is CCNCc1nn2cccc2c(=O)n1-c1ccccc1. The summed E-state index contributed by atoms with van der Waals surface area (Å²) in [6.07, 6.45) is 1.79. The van der Waals surface area contributed by atoms with E-state index in [0.717, 1.165) is 12.2 Å². The molecule has 0 unspecified atom stereocenters. The molecule has 0 atom stereocenters. The van der Waals surface area contributed by atoms with E-state index in [1.165, 1.54) is 0 Å². The first kappa shape index (κ1) is 12.6. The molecular formula is C15H16N4O. The summed E-state index contributed by atoms with van der Waals surface area (Å²) in [5.41, 5.74) is 1.36. The Morgan fingerprint density at radius 2 is 1.95 bits per heavy atom. The molecule has 102 valence electrons. The zero-order valence-corrected chi connectivity index (χ0v) is 11.3. The Labute approximate surface area is 116 Å². The van der Waals surface area contributed by atoms with Crippen LogP contribution in [-0.4, -0.2) is 20.7 Å². The van der Waals surface area contributed by atoms with Crippen LogP contribution in [0, 0.1) is 0 Å². The molecule has 1 aromatic carbocycles. The van der Waals surface area contributed by atoms with Crippen molar-refractivity contribution in [2.45, 2.75) is 13.5 Å². The summed E-state index contributed by atoms with van der Waals surface area (Å²) in [5, 5.41) is 7.75. The van der Waals surface area contributed by atoms with Gasteiger partial charge in [-0.1, -0.05) is 25.1 Å². The highest BCUT2D eigenvalue weighted by atomic mass is 16.1. The normalized spacial score (nSPS) is 11.1. The molecule has 5 nitrogen and oxygen atoms in total. The zero-order chi connectivity index (χ0) is 13.9. The van der Waals surface area contributed by atoms with Gasteiger partial charge in [0.05, 0.1) is 12.2 Å². The quantitative estimate of drug-likeness (QED) is 0.782. The number of benzene rings is 1. The Hall–Kier alpha value is -2.40. The lowest BCUT2D eigenvalue weighted by Crippen LogP contribution is -2.29. The summed E-state index contributed by atoms with van der Waals surface area (Å²) in [5.74, 6) is 0.701. The highest BCUT2D eigenvalue weighted by Gasteiger charge is 2.11. The number of hydrogen-bond acceptors (Lipinski definition) is 3. The first-order valence-electron chi connectivity index (χ1n) is 6.66. The van der Waals surface area contributed by atoms with Crippen molar-refractivity contribution in [3.8, 4) is 5.69 Å². The summed E-state index contributed by atoms with van der Waals surface area (Å²) in [7, 11) is 0. The third-order valence-corrected chi connectivity index (χ3v) is 3.18. The average Bonchev–Trinajstić information content (AvgIpc) is 2.95. The number of nitrogens with zero attached hydrogens (tertiary/aromatic N) is 3.